The summed E-state index contributed by atoms with van der Waals surface area (Å²) in [5.41, 5.74) is 2.41. The van der Waals surface area contributed by atoms with E-state index in [1.54, 1.807) is 0 Å². The maximum atomic E-state index is 12.3. The Morgan fingerprint density at radius 2 is 1.88 bits per heavy atom. The molecule has 0 aromatic heterocycles. The maximum Gasteiger partial charge on any atom is 0.315 e. The third-order valence-electron chi connectivity index (χ3n) is 5.07. The van der Waals surface area contributed by atoms with Crippen LogP contribution in [0, 0.1) is 0 Å². The Kier molecular flexibility index (Phi) is 3.99. The van der Waals surface area contributed by atoms with Gasteiger partial charge in [0.25, 0.3) is 0 Å². The minimum Gasteiger partial charge on any atom is -0.454 e. The van der Waals surface area contributed by atoms with Crippen molar-refractivity contribution in [1.29, 1.82) is 0 Å². The summed E-state index contributed by atoms with van der Waals surface area (Å²) in [5, 5.41) is 6.02. The third kappa shape index (κ3) is 3.27. The van der Waals surface area contributed by atoms with Gasteiger partial charge in [0.15, 0.2) is 11.5 Å². The van der Waals surface area contributed by atoms with E-state index < -0.39 is 0 Å². The highest BCUT2D eigenvalue weighted by Gasteiger charge is 2.44. The van der Waals surface area contributed by atoms with Crippen LogP contribution in [0.5, 0.6) is 11.5 Å². The van der Waals surface area contributed by atoms with Crippen LogP contribution in [-0.4, -0.2) is 19.4 Å². The van der Waals surface area contributed by atoms with Crippen LogP contribution in [0.25, 0.3) is 0 Å². The van der Waals surface area contributed by atoms with Gasteiger partial charge in [-0.25, -0.2) is 4.79 Å². The summed E-state index contributed by atoms with van der Waals surface area (Å²) in [6, 6.07) is 15.9. The summed E-state index contributed by atoms with van der Waals surface area (Å²) in [5.74, 6) is 1.48. The van der Waals surface area contributed by atoms with Crippen molar-refractivity contribution >= 4 is 6.03 Å². The van der Waals surface area contributed by atoms with Gasteiger partial charge >= 0.3 is 6.03 Å². The number of carbonyl (C=O) groups is 1. The lowest BCUT2D eigenvalue weighted by Crippen LogP contribution is -2.40. The molecule has 2 aromatic rings. The molecule has 1 fully saturated rings. The highest BCUT2D eigenvalue weighted by atomic mass is 16.7. The first kappa shape index (κ1) is 15.8. The number of fused-ring (bicyclic) bond motifs is 1. The van der Waals surface area contributed by atoms with Crippen LogP contribution in [0.4, 0.5) is 4.79 Å². The fourth-order valence-electron chi connectivity index (χ4n) is 3.27. The zero-order chi connectivity index (χ0) is 17.3. The SMILES string of the molecule is CC(NC(=O)NCC1(c2ccccc2)CC1)c1ccc2c(c1)OCO2. The highest BCUT2D eigenvalue weighted by Crippen LogP contribution is 2.47. The average Bonchev–Trinajstić information content (AvgIpc) is 3.29. The molecule has 2 aromatic carbocycles. The standard InChI is InChI=1S/C20H22N2O3/c1-14(15-7-8-17-18(11-15)25-13-24-17)22-19(23)21-12-20(9-10-20)16-5-3-2-4-6-16/h2-8,11,14H,9-10,12-13H2,1H3,(H2,21,22,23). The van der Waals surface area contributed by atoms with Crippen molar-refractivity contribution in [3.8, 4) is 11.5 Å². The van der Waals surface area contributed by atoms with Crippen LogP contribution in [0.15, 0.2) is 48.5 Å². The van der Waals surface area contributed by atoms with E-state index >= 15 is 0 Å². The quantitative estimate of drug-likeness (QED) is 0.877. The summed E-state index contributed by atoms with van der Waals surface area (Å²) in [7, 11) is 0. The first-order chi connectivity index (χ1) is 12.2. The number of carbonyl (C=O) groups excluding carboxylic acids is 1. The second-order valence-electron chi connectivity index (χ2n) is 6.81. The van der Waals surface area contributed by atoms with Gasteiger partial charge in [-0.3, -0.25) is 0 Å². The molecule has 0 radical (unpaired) electrons. The molecule has 0 saturated heterocycles. The van der Waals surface area contributed by atoms with E-state index in [0.717, 1.165) is 29.9 Å². The molecule has 130 valence electrons. The molecule has 5 heteroatoms. The summed E-state index contributed by atoms with van der Waals surface area (Å²) in [4.78, 5) is 12.3. The lowest BCUT2D eigenvalue weighted by atomic mass is 9.96. The van der Waals surface area contributed by atoms with Gasteiger partial charge in [0.2, 0.25) is 6.79 Å². The summed E-state index contributed by atoms with van der Waals surface area (Å²) < 4.78 is 10.7. The maximum absolute atomic E-state index is 12.3. The Morgan fingerprint density at radius 1 is 1.12 bits per heavy atom. The minimum atomic E-state index is -0.146. The second kappa shape index (κ2) is 6.31. The molecule has 1 saturated carbocycles. The number of benzene rings is 2. The molecule has 1 unspecified atom stereocenters. The van der Waals surface area contributed by atoms with E-state index in [4.69, 9.17) is 9.47 Å². The monoisotopic (exact) mass is 338 g/mol. The molecule has 0 bridgehead atoms. The summed E-state index contributed by atoms with van der Waals surface area (Å²) >= 11 is 0. The first-order valence-electron chi connectivity index (χ1n) is 8.66. The highest BCUT2D eigenvalue weighted by molar-refractivity contribution is 5.74. The van der Waals surface area contributed by atoms with Crippen LogP contribution in [0.2, 0.25) is 0 Å². The lowest BCUT2D eigenvalue weighted by Gasteiger charge is -2.19. The first-order valence-corrected chi connectivity index (χ1v) is 8.66. The van der Waals surface area contributed by atoms with Gasteiger partial charge in [0.1, 0.15) is 0 Å². The Bertz CT molecular complexity index is 772. The van der Waals surface area contributed by atoms with Crippen molar-refractivity contribution < 1.29 is 14.3 Å². The molecule has 5 nitrogen and oxygen atoms in total. The van der Waals surface area contributed by atoms with Crippen LogP contribution >= 0.6 is 0 Å². The van der Waals surface area contributed by atoms with Crippen molar-refractivity contribution in [3.63, 3.8) is 0 Å². The van der Waals surface area contributed by atoms with Crippen molar-refractivity contribution in [1.82, 2.24) is 10.6 Å². The molecule has 1 aliphatic carbocycles. The molecule has 0 spiro atoms. The fraction of sp³-hybridized carbons (Fsp3) is 0.350. The summed E-state index contributed by atoms with van der Waals surface area (Å²) in [6.45, 7) is 2.88. The van der Waals surface area contributed by atoms with Gasteiger partial charge in [0, 0.05) is 12.0 Å². The van der Waals surface area contributed by atoms with Gasteiger partial charge in [-0.05, 0) is 43.0 Å². The molecule has 2 aliphatic rings. The average molecular weight is 338 g/mol. The Labute approximate surface area is 147 Å². The molecular formula is C20H22N2O3. The second-order valence-corrected chi connectivity index (χ2v) is 6.81. The number of nitrogens with one attached hydrogen (secondary N) is 2. The molecule has 4 rings (SSSR count). The van der Waals surface area contributed by atoms with E-state index in [2.05, 4.69) is 34.9 Å². The number of hydrogen-bond donors (Lipinski definition) is 2. The van der Waals surface area contributed by atoms with Crippen LogP contribution < -0.4 is 20.1 Å². The summed E-state index contributed by atoms with van der Waals surface area (Å²) in [6.07, 6.45) is 2.24. The zero-order valence-electron chi connectivity index (χ0n) is 14.2. The van der Waals surface area contributed by atoms with E-state index in [9.17, 15) is 4.79 Å². The van der Waals surface area contributed by atoms with Crippen LogP contribution in [0.3, 0.4) is 0 Å². The topological polar surface area (TPSA) is 59.6 Å². The molecule has 25 heavy (non-hydrogen) atoms. The molecule has 1 heterocycles. The predicted octanol–water partition coefficient (Wildman–Crippen LogP) is 3.51. The lowest BCUT2D eigenvalue weighted by molar-refractivity contribution is 0.174. The van der Waals surface area contributed by atoms with E-state index in [0.29, 0.717) is 6.54 Å². The molecule has 1 atom stereocenters. The van der Waals surface area contributed by atoms with Gasteiger partial charge in [0.05, 0.1) is 6.04 Å². The number of rotatable bonds is 5. The van der Waals surface area contributed by atoms with E-state index in [1.807, 2.05) is 31.2 Å². The van der Waals surface area contributed by atoms with Crippen molar-refractivity contribution in [2.75, 3.05) is 13.3 Å². The predicted molar refractivity (Wildman–Crippen MR) is 94.9 cm³/mol. The normalized spacial score (nSPS) is 17.6. The fourth-order valence-corrected chi connectivity index (χ4v) is 3.27. The number of amides is 2. The van der Waals surface area contributed by atoms with Gasteiger partial charge in [-0.15, -0.1) is 0 Å². The Balaban J connectivity index is 1.33. The van der Waals surface area contributed by atoms with Crippen molar-refractivity contribution in [2.24, 2.45) is 0 Å². The van der Waals surface area contributed by atoms with Crippen molar-refractivity contribution in [3.05, 3.63) is 59.7 Å². The van der Waals surface area contributed by atoms with E-state index in [1.165, 1.54) is 5.56 Å². The van der Waals surface area contributed by atoms with Crippen LogP contribution in [0.1, 0.15) is 36.9 Å². The molecule has 2 N–H and O–H groups in total. The Morgan fingerprint density at radius 3 is 2.64 bits per heavy atom. The molecular weight excluding hydrogens is 316 g/mol. The minimum absolute atomic E-state index is 0.110. The molecule has 2 amide bonds. The Hall–Kier alpha value is -2.69. The van der Waals surface area contributed by atoms with Crippen LogP contribution in [-0.2, 0) is 5.41 Å². The van der Waals surface area contributed by atoms with E-state index in [-0.39, 0.29) is 24.3 Å². The number of urea groups is 1. The smallest absolute Gasteiger partial charge is 0.315 e. The number of hydrogen-bond acceptors (Lipinski definition) is 3. The molecule has 1 aliphatic heterocycles. The third-order valence-corrected chi connectivity index (χ3v) is 5.07. The zero-order valence-corrected chi connectivity index (χ0v) is 14.2. The number of ether oxygens (including phenoxy) is 2. The largest absolute Gasteiger partial charge is 0.454 e. The van der Waals surface area contributed by atoms with Gasteiger partial charge in [-0.1, -0.05) is 36.4 Å². The van der Waals surface area contributed by atoms with Crippen molar-refractivity contribution in [2.45, 2.75) is 31.2 Å². The van der Waals surface area contributed by atoms with Gasteiger partial charge < -0.3 is 20.1 Å². The van der Waals surface area contributed by atoms with Gasteiger partial charge in [-0.2, -0.15) is 0 Å².